The Bertz CT molecular complexity index is 2210. The van der Waals surface area contributed by atoms with Gasteiger partial charge in [-0.2, -0.15) is 5.26 Å². The predicted octanol–water partition coefficient (Wildman–Crippen LogP) is 12.8. The van der Waals surface area contributed by atoms with Gasteiger partial charge in [-0.05, 0) is 131 Å². The third kappa shape index (κ3) is 11.2. The summed E-state index contributed by atoms with van der Waals surface area (Å²) in [7, 11) is 0. The molecule has 57 heavy (non-hydrogen) atoms. The molecule has 6 rings (SSSR count). The average Bonchev–Trinajstić information content (AvgIpc) is 3.23. The maximum atomic E-state index is 12.5. The van der Waals surface area contributed by atoms with Crippen LogP contribution in [0, 0.1) is 37.5 Å². The molecule has 0 spiro atoms. The molecular weight excluding hydrogens is 703 g/mol. The van der Waals surface area contributed by atoms with Crippen molar-refractivity contribution in [3.63, 3.8) is 0 Å². The van der Waals surface area contributed by atoms with Gasteiger partial charge in [0.25, 0.3) is 0 Å². The molecule has 0 heterocycles. The molecule has 0 bridgehead atoms. The van der Waals surface area contributed by atoms with E-state index < -0.39 is 0 Å². The van der Waals surface area contributed by atoms with Gasteiger partial charge in [0.05, 0.1) is 11.6 Å². The summed E-state index contributed by atoms with van der Waals surface area (Å²) in [5.41, 5.74) is 12.6. The van der Waals surface area contributed by atoms with Crippen LogP contribution in [0.1, 0.15) is 80.0 Å². The second-order valence-electron chi connectivity index (χ2n) is 14.4. The van der Waals surface area contributed by atoms with E-state index in [2.05, 4.69) is 74.4 Å². The summed E-state index contributed by atoms with van der Waals surface area (Å²) in [6, 6.07) is 45.8. The number of nitriles is 1. The zero-order chi connectivity index (χ0) is 40.0. The molecule has 5 heteroatoms. The van der Waals surface area contributed by atoms with Crippen LogP contribution in [-0.2, 0) is 9.59 Å². The highest BCUT2D eigenvalue weighted by molar-refractivity contribution is 5.77. The van der Waals surface area contributed by atoms with Crippen molar-refractivity contribution < 1.29 is 19.1 Å². The fourth-order valence-corrected chi connectivity index (χ4v) is 7.02. The Balaban J connectivity index is 0.826. The molecule has 0 unspecified atom stereocenters. The number of carbonyl (C=O) groups is 2. The standard InChI is InChI=1S/C52H47NO4/c1-4-39-14-18-43(19-15-39)49-32-26-45(34-37(49)2)41-22-28-47(29-23-41)56-51(54)12-10-8-6-5-7-9-11-13-52(55)57-48-30-24-42(25-31-48)46-27-33-50(38(3)35-46)44-20-16-40(36-53)17-21-44/h1,14-35H,5-13H2,2-3H3. The summed E-state index contributed by atoms with van der Waals surface area (Å²) in [6.45, 7) is 4.19. The molecule has 0 aliphatic carbocycles. The van der Waals surface area contributed by atoms with Crippen molar-refractivity contribution in [3.8, 4) is 74.4 Å². The van der Waals surface area contributed by atoms with Crippen LogP contribution in [0.5, 0.6) is 11.5 Å². The SMILES string of the molecule is C#Cc1ccc(-c2ccc(-c3ccc(OC(=O)CCCCCCCCCC(=O)Oc4ccc(-c5ccc(-c6ccc(C#N)cc6)c(C)c5)cc4)cc3)cc2C)cc1. The molecule has 6 aromatic carbocycles. The Labute approximate surface area is 336 Å². The van der Waals surface area contributed by atoms with Crippen LogP contribution in [0.4, 0.5) is 0 Å². The molecule has 284 valence electrons. The van der Waals surface area contributed by atoms with E-state index in [-0.39, 0.29) is 11.9 Å². The van der Waals surface area contributed by atoms with Crippen LogP contribution >= 0.6 is 0 Å². The van der Waals surface area contributed by atoms with Gasteiger partial charge in [-0.1, -0.05) is 123 Å². The van der Waals surface area contributed by atoms with E-state index in [9.17, 15) is 9.59 Å². The van der Waals surface area contributed by atoms with E-state index in [1.54, 1.807) is 0 Å². The Morgan fingerprint density at radius 1 is 0.474 bits per heavy atom. The minimum atomic E-state index is -0.216. The van der Waals surface area contributed by atoms with Gasteiger partial charge in [0, 0.05) is 18.4 Å². The van der Waals surface area contributed by atoms with Gasteiger partial charge in [0.15, 0.2) is 0 Å². The van der Waals surface area contributed by atoms with E-state index in [0.29, 0.717) is 29.9 Å². The van der Waals surface area contributed by atoms with Crippen molar-refractivity contribution in [1.82, 2.24) is 0 Å². The number of carbonyl (C=O) groups excluding carboxylic acids is 2. The van der Waals surface area contributed by atoms with Gasteiger partial charge in [0.1, 0.15) is 11.5 Å². The molecule has 6 aromatic rings. The summed E-state index contributed by atoms with van der Waals surface area (Å²) in [5.74, 6) is 3.34. The van der Waals surface area contributed by atoms with Crippen molar-refractivity contribution >= 4 is 11.9 Å². The topological polar surface area (TPSA) is 76.4 Å². The number of ether oxygens (including phenoxy) is 2. The number of hydrogen-bond acceptors (Lipinski definition) is 5. The van der Waals surface area contributed by atoms with Gasteiger partial charge < -0.3 is 9.47 Å². The molecule has 0 amide bonds. The Kier molecular flexibility index (Phi) is 13.9. The van der Waals surface area contributed by atoms with Crippen molar-refractivity contribution in [3.05, 3.63) is 156 Å². The van der Waals surface area contributed by atoms with Gasteiger partial charge in [-0.25, -0.2) is 0 Å². The van der Waals surface area contributed by atoms with Crippen LogP contribution in [-0.4, -0.2) is 11.9 Å². The number of nitrogens with zero attached hydrogens (tertiary/aromatic N) is 1. The largest absolute Gasteiger partial charge is 0.427 e. The van der Waals surface area contributed by atoms with Crippen LogP contribution in [0.15, 0.2) is 133 Å². The van der Waals surface area contributed by atoms with E-state index in [0.717, 1.165) is 95.0 Å². The highest BCUT2D eigenvalue weighted by Crippen LogP contribution is 2.31. The lowest BCUT2D eigenvalue weighted by molar-refractivity contribution is -0.135. The van der Waals surface area contributed by atoms with Crippen molar-refractivity contribution in [2.45, 2.75) is 71.6 Å². The fraction of sp³-hybridized carbons (Fsp3) is 0.212. The van der Waals surface area contributed by atoms with Gasteiger partial charge >= 0.3 is 11.9 Å². The first-order valence-corrected chi connectivity index (χ1v) is 19.7. The second kappa shape index (κ2) is 19.8. The normalized spacial score (nSPS) is 10.7. The first kappa shape index (κ1) is 40.0. The maximum absolute atomic E-state index is 12.5. The maximum Gasteiger partial charge on any atom is 0.311 e. The van der Waals surface area contributed by atoms with Crippen molar-refractivity contribution in [1.29, 1.82) is 5.26 Å². The number of rotatable bonds is 16. The first-order chi connectivity index (χ1) is 27.8. The molecule has 0 aliphatic heterocycles. The smallest absolute Gasteiger partial charge is 0.311 e. The average molecular weight is 750 g/mol. The van der Waals surface area contributed by atoms with Crippen LogP contribution < -0.4 is 9.47 Å². The first-order valence-electron chi connectivity index (χ1n) is 19.7. The molecule has 0 aliphatic rings. The van der Waals surface area contributed by atoms with E-state index in [1.165, 1.54) is 11.1 Å². The molecule has 0 N–H and O–H groups in total. The molecule has 0 radical (unpaired) electrons. The highest BCUT2D eigenvalue weighted by Gasteiger charge is 2.10. The zero-order valence-electron chi connectivity index (χ0n) is 32.7. The molecule has 5 nitrogen and oxygen atoms in total. The summed E-state index contributed by atoms with van der Waals surface area (Å²) in [4.78, 5) is 24.9. The van der Waals surface area contributed by atoms with Gasteiger partial charge in [-0.15, -0.1) is 6.42 Å². The fourth-order valence-electron chi connectivity index (χ4n) is 7.02. The number of terminal acetylenes is 1. The minimum absolute atomic E-state index is 0.211. The van der Waals surface area contributed by atoms with Crippen molar-refractivity contribution in [2.75, 3.05) is 0 Å². The monoisotopic (exact) mass is 749 g/mol. The summed E-state index contributed by atoms with van der Waals surface area (Å²) in [5, 5.41) is 9.07. The van der Waals surface area contributed by atoms with Crippen LogP contribution in [0.3, 0.4) is 0 Å². The molecule has 0 aromatic heterocycles. The lowest BCUT2D eigenvalue weighted by Gasteiger charge is -2.10. The number of esters is 2. The Morgan fingerprint density at radius 3 is 1.19 bits per heavy atom. The predicted molar refractivity (Wildman–Crippen MR) is 230 cm³/mol. The Hall–Kier alpha value is -6.69. The van der Waals surface area contributed by atoms with Crippen LogP contribution in [0.25, 0.3) is 44.5 Å². The summed E-state index contributed by atoms with van der Waals surface area (Å²) in [6.07, 6.45) is 13.0. The van der Waals surface area contributed by atoms with E-state index >= 15 is 0 Å². The minimum Gasteiger partial charge on any atom is -0.427 e. The quantitative estimate of drug-likeness (QED) is 0.0426. The summed E-state index contributed by atoms with van der Waals surface area (Å²) >= 11 is 0. The summed E-state index contributed by atoms with van der Waals surface area (Å²) < 4.78 is 11.2. The third-order valence-electron chi connectivity index (χ3n) is 10.2. The second-order valence-corrected chi connectivity index (χ2v) is 14.4. The van der Waals surface area contributed by atoms with E-state index in [4.69, 9.17) is 21.2 Å². The van der Waals surface area contributed by atoms with Crippen LogP contribution in [0.2, 0.25) is 0 Å². The molecule has 0 saturated heterocycles. The number of benzene rings is 6. The lowest BCUT2D eigenvalue weighted by atomic mass is 9.95. The molecule has 0 fully saturated rings. The van der Waals surface area contributed by atoms with Gasteiger partial charge in [-0.3, -0.25) is 9.59 Å². The highest BCUT2D eigenvalue weighted by atomic mass is 16.5. The molecule has 0 atom stereocenters. The number of aryl methyl sites for hydroxylation is 2. The molecule has 0 saturated carbocycles. The van der Waals surface area contributed by atoms with Gasteiger partial charge in [0.2, 0.25) is 0 Å². The van der Waals surface area contributed by atoms with Crippen molar-refractivity contribution in [2.24, 2.45) is 0 Å². The lowest BCUT2D eigenvalue weighted by Crippen LogP contribution is -2.07. The third-order valence-corrected chi connectivity index (χ3v) is 10.2. The van der Waals surface area contributed by atoms with E-state index in [1.807, 2.05) is 84.9 Å². The Morgan fingerprint density at radius 2 is 0.825 bits per heavy atom. The number of unbranched alkanes of at least 4 members (excludes halogenated alkanes) is 6. The zero-order valence-corrected chi connectivity index (χ0v) is 32.7. The molecular formula is C52H47NO4. The number of hydrogen-bond donors (Lipinski definition) is 0.